The number of nitrogens with zero attached hydrogens (tertiary/aromatic N) is 2. The first-order valence-electron chi connectivity index (χ1n) is 8.51. The van der Waals surface area contributed by atoms with E-state index >= 15 is 0 Å². The minimum Gasteiger partial charge on any atom is -0.383 e. The molecule has 138 valence electrons. The number of benzene rings is 2. The van der Waals surface area contributed by atoms with Crippen LogP contribution in [0.5, 0.6) is 0 Å². The van der Waals surface area contributed by atoms with E-state index in [2.05, 4.69) is 36.3 Å². The normalized spacial score (nSPS) is 10.5. The van der Waals surface area contributed by atoms with Gasteiger partial charge in [0, 0.05) is 42.6 Å². The van der Waals surface area contributed by atoms with Gasteiger partial charge < -0.3 is 15.5 Å². The molecule has 2 N–H and O–H groups in total. The van der Waals surface area contributed by atoms with Gasteiger partial charge in [0.1, 0.15) is 5.69 Å². The first-order valence-corrected chi connectivity index (χ1v) is 8.51. The fraction of sp³-hybridized carbons (Fsp3) is 0.316. The van der Waals surface area contributed by atoms with E-state index in [1.807, 2.05) is 24.3 Å². The predicted molar refractivity (Wildman–Crippen MR) is 105 cm³/mol. The number of nitro benzene ring substituents is 1. The maximum atomic E-state index is 12.4. The third-order valence-electron chi connectivity index (χ3n) is 4.15. The zero-order valence-corrected chi connectivity index (χ0v) is 15.4. The summed E-state index contributed by atoms with van der Waals surface area (Å²) in [4.78, 5) is 25.3. The molecule has 0 saturated heterocycles. The molecule has 2 rings (SSSR count). The van der Waals surface area contributed by atoms with Gasteiger partial charge in [-0.25, -0.2) is 0 Å². The molecule has 0 spiro atoms. The number of hydrogen-bond acceptors (Lipinski definition) is 5. The van der Waals surface area contributed by atoms with Gasteiger partial charge in [-0.1, -0.05) is 0 Å². The molecule has 0 bridgehead atoms. The molecule has 7 nitrogen and oxygen atoms in total. The summed E-state index contributed by atoms with van der Waals surface area (Å²) in [6.07, 6.45) is 0. The molecule has 26 heavy (non-hydrogen) atoms. The Morgan fingerprint density at radius 2 is 1.85 bits per heavy atom. The van der Waals surface area contributed by atoms with E-state index in [1.165, 1.54) is 12.1 Å². The topological polar surface area (TPSA) is 87.5 Å². The third kappa shape index (κ3) is 4.30. The predicted octanol–water partition coefficient (Wildman–Crippen LogP) is 4.12. The summed E-state index contributed by atoms with van der Waals surface area (Å²) in [7, 11) is 1.60. The molecule has 0 atom stereocenters. The Labute approximate surface area is 153 Å². The van der Waals surface area contributed by atoms with Gasteiger partial charge >= 0.3 is 0 Å². The lowest BCUT2D eigenvalue weighted by molar-refractivity contribution is -0.384. The van der Waals surface area contributed by atoms with Crippen LogP contribution in [0.1, 0.15) is 31.1 Å². The molecule has 2 aromatic carbocycles. The van der Waals surface area contributed by atoms with E-state index in [0.29, 0.717) is 17.4 Å². The second-order valence-electron chi connectivity index (χ2n) is 6.12. The standard InChI is InChI=1S/C19H24N4O3/c1-5-22(13(2)3)16-9-7-15(8-10-16)21-19(24)14-6-11-17(20-4)18(12-14)23(25)26/h6-13,20H,5H2,1-4H3,(H,21,24). The van der Waals surface area contributed by atoms with Crippen molar-refractivity contribution in [2.75, 3.05) is 29.1 Å². The fourth-order valence-electron chi connectivity index (χ4n) is 2.82. The molecule has 0 radical (unpaired) electrons. The van der Waals surface area contributed by atoms with Gasteiger partial charge in [0.05, 0.1) is 4.92 Å². The number of nitrogens with one attached hydrogen (secondary N) is 2. The molecular weight excluding hydrogens is 332 g/mol. The average Bonchev–Trinajstić information content (AvgIpc) is 2.62. The van der Waals surface area contributed by atoms with E-state index in [4.69, 9.17) is 0 Å². The van der Waals surface area contributed by atoms with Crippen molar-refractivity contribution < 1.29 is 9.72 Å². The summed E-state index contributed by atoms with van der Waals surface area (Å²) >= 11 is 0. The second kappa shape index (κ2) is 8.33. The van der Waals surface area contributed by atoms with Gasteiger partial charge in [0.2, 0.25) is 0 Å². The van der Waals surface area contributed by atoms with Crippen molar-refractivity contribution in [2.24, 2.45) is 0 Å². The van der Waals surface area contributed by atoms with Gasteiger partial charge in [0.25, 0.3) is 11.6 Å². The van der Waals surface area contributed by atoms with Crippen molar-refractivity contribution in [3.63, 3.8) is 0 Å². The van der Waals surface area contributed by atoms with Crippen LogP contribution in [-0.4, -0.2) is 30.5 Å². The van der Waals surface area contributed by atoms with Gasteiger partial charge in [-0.3, -0.25) is 14.9 Å². The quantitative estimate of drug-likeness (QED) is 0.575. The van der Waals surface area contributed by atoms with Crippen molar-refractivity contribution >= 4 is 28.7 Å². The monoisotopic (exact) mass is 356 g/mol. The van der Waals surface area contributed by atoms with Crippen LogP contribution < -0.4 is 15.5 Å². The molecule has 0 aromatic heterocycles. The summed E-state index contributed by atoms with van der Waals surface area (Å²) < 4.78 is 0. The lowest BCUT2D eigenvalue weighted by Gasteiger charge is -2.27. The zero-order valence-electron chi connectivity index (χ0n) is 15.4. The van der Waals surface area contributed by atoms with Crippen LogP contribution >= 0.6 is 0 Å². The van der Waals surface area contributed by atoms with Crippen LogP contribution in [0, 0.1) is 10.1 Å². The summed E-state index contributed by atoms with van der Waals surface area (Å²) in [5.41, 5.74) is 2.18. The average molecular weight is 356 g/mol. The molecule has 0 aliphatic rings. The van der Waals surface area contributed by atoms with Crippen LogP contribution in [0.2, 0.25) is 0 Å². The molecule has 2 aromatic rings. The Bertz CT molecular complexity index is 788. The van der Waals surface area contributed by atoms with E-state index in [9.17, 15) is 14.9 Å². The first-order chi connectivity index (χ1) is 12.4. The summed E-state index contributed by atoms with van der Waals surface area (Å²) in [5, 5.41) is 16.6. The highest BCUT2D eigenvalue weighted by Crippen LogP contribution is 2.26. The van der Waals surface area contributed by atoms with E-state index < -0.39 is 4.92 Å². The fourth-order valence-corrected chi connectivity index (χ4v) is 2.82. The van der Waals surface area contributed by atoms with Crippen molar-refractivity contribution in [1.82, 2.24) is 0 Å². The number of carbonyl (C=O) groups is 1. The van der Waals surface area contributed by atoms with Crippen molar-refractivity contribution in [3.8, 4) is 0 Å². The second-order valence-corrected chi connectivity index (χ2v) is 6.12. The Morgan fingerprint density at radius 1 is 1.19 bits per heavy atom. The third-order valence-corrected chi connectivity index (χ3v) is 4.15. The van der Waals surface area contributed by atoms with Crippen molar-refractivity contribution in [1.29, 1.82) is 0 Å². The molecule has 0 unspecified atom stereocenters. The number of hydrogen-bond donors (Lipinski definition) is 2. The van der Waals surface area contributed by atoms with Crippen LogP contribution in [0.15, 0.2) is 42.5 Å². The first kappa shape index (κ1) is 19.2. The highest BCUT2D eigenvalue weighted by molar-refractivity contribution is 6.05. The molecule has 0 fully saturated rings. The zero-order chi connectivity index (χ0) is 19.3. The van der Waals surface area contributed by atoms with Gasteiger partial charge in [-0.2, -0.15) is 0 Å². The van der Waals surface area contributed by atoms with E-state index in [-0.39, 0.29) is 17.2 Å². The molecular formula is C19H24N4O3. The highest BCUT2D eigenvalue weighted by atomic mass is 16.6. The highest BCUT2D eigenvalue weighted by Gasteiger charge is 2.17. The molecule has 0 aliphatic heterocycles. The van der Waals surface area contributed by atoms with Crippen molar-refractivity contribution in [2.45, 2.75) is 26.8 Å². The Hall–Kier alpha value is -3.09. The van der Waals surface area contributed by atoms with Gasteiger partial charge in [-0.15, -0.1) is 0 Å². The largest absolute Gasteiger partial charge is 0.383 e. The smallest absolute Gasteiger partial charge is 0.293 e. The van der Waals surface area contributed by atoms with E-state index in [0.717, 1.165) is 12.2 Å². The maximum absolute atomic E-state index is 12.4. The summed E-state index contributed by atoms with van der Waals surface area (Å²) in [6, 6.07) is 12.3. The molecule has 1 amide bonds. The van der Waals surface area contributed by atoms with E-state index in [1.54, 1.807) is 13.1 Å². The maximum Gasteiger partial charge on any atom is 0.293 e. The molecule has 0 heterocycles. The van der Waals surface area contributed by atoms with Gasteiger partial charge in [0.15, 0.2) is 0 Å². The minimum atomic E-state index is -0.511. The SMILES string of the molecule is CCN(c1ccc(NC(=O)c2ccc(NC)c([N+](=O)[O-])c2)cc1)C(C)C. The van der Waals surface area contributed by atoms with Crippen LogP contribution in [0.25, 0.3) is 0 Å². The lowest BCUT2D eigenvalue weighted by atomic mass is 10.1. The number of nitro groups is 1. The number of rotatable bonds is 7. The van der Waals surface area contributed by atoms with Crippen LogP contribution in [-0.2, 0) is 0 Å². The lowest BCUT2D eigenvalue weighted by Crippen LogP contribution is -2.30. The minimum absolute atomic E-state index is 0.133. The summed E-state index contributed by atoms with van der Waals surface area (Å²) in [5.74, 6) is -0.389. The Morgan fingerprint density at radius 3 is 2.35 bits per heavy atom. The molecule has 0 saturated carbocycles. The number of anilines is 3. The summed E-state index contributed by atoms with van der Waals surface area (Å²) in [6.45, 7) is 7.24. The Balaban J connectivity index is 2.17. The molecule has 7 heteroatoms. The number of amides is 1. The number of carbonyl (C=O) groups excluding carboxylic acids is 1. The van der Waals surface area contributed by atoms with Crippen LogP contribution in [0.3, 0.4) is 0 Å². The van der Waals surface area contributed by atoms with Crippen LogP contribution in [0.4, 0.5) is 22.7 Å². The molecule has 0 aliphatic carbocycles. The van der Waals surface area contributed by atoms with Crippen molar-refractivity contribution in [3.05, 3.63) is 58.1 Å². The van der Waals surface area contributed by atoms with Gasteiger partial charge in [-0.05, 0) is 57.2 Å². The Kier molecular flexibility index (Phi) is 6.16.